The van der Waals surface area contributed by atoms with Gasteiger partial charge < -0.3 is 9.47 Å². The van der Waals surface area contributed by atoms with Crippen molar-refractivity contribution in [2.45, 2.75) is 18.9 Å². The van der Waals surface area contributed by atoms with E-state index in [1.54, 1.807) is 0 Å². The van der Waals surface area contributed by atoms with Crippen LogP contribution in [0.5, 0.6) is 0 Å². The molecule has 11 rings (SSSR count). The number of anilines is 3. The fourth-order valence-corrected chi connectivity index (χ4v) is 9.61. The first-order valence-electron chi connectivity index (χ1n) is 19.2. The minimum absolute atomic E-state index is 0.476. The smallest absolute Gasteiger partial charge is 0.0746 e. The number of aromatic nitrogens is 1. The summed E-state index contributed by atoms with van der Waals surface area (Å²) in [4.78, 5) is 2.28. The van der Waals surface area contributed by atoms with Gasteiger partial charge in [-0.2, -0.15) is 0 Å². The Kier molecular flexibility index (Phi) is 7.00. The molecule has 0 fully saturated rings. The number of hydrogen-bond acceptors (Lipinski definition) is 1. The monoisotopic (exact) mass is 700 g/mol. The van der Waals surface area contributed by atoms with Crippen LogP contribution in [0.15, 0.2) is 188 Å². The van der Waals surface area contributed by atoms with Crippen molar-refractivity contribution in [2.24, 2.45) is 0 Å². The van der Waals surface area contributed by atoms with Crippen LogP contribution in [0.2, 0.25) is 0 Å². The third-order valence-electron chi connectivity index (χ3n) is 11.8. The van der Waals surface area contributed by atoms with E-state index in [9.17, 15) is 0 Å². The van der Waals surface area contributed by atoms with Crippen molar-refractivity contribution in [3.63, 3.8) is 0 Å². The van der Waals surface area contributed by atoms with Gasteiger partial charge in [0.2, 0.25) is 0 Å². The summed E-state index contributed by atoms with van der Waals surface area (Å²) in [5, 5.41) is 2.62. The molecule has 0 N–H and O–H groups in total. The van der Waals surface area contributed by atoms with Crippen LogP contribution < -0.4 is 4.90 Å². The first-order valence-corrected chi connectivity index (χ1v) is 19.2. The zero-order chi connectivity index (χ0) is 36.5. The summed E-state index contributed by atoms with van der Waals surface area (Å²) < 4.78 is 2.54. The van der Waals surface area contributed by atoms with Gasteiger partial charge in [0.1, 0.15) is 0 Å². The molecule has 2 heteroatoms. The summed E-state index contributed by atoms with van der Waals surface area (Å²) in [6.45, 7) is 3.16. The van der Waals surface area contributed by atoms with Crippen LogP contribution in [-0.4, -0.2) is 4.57 Å². The SMILES string of the molecule is CCn1c2ccccc2c2ccc3c(c21)C1(c2ccccc2-c2ccccc21)c1cc(C#Cc2ccc(N(c4ccccc4)c4ccccc4)cc2)ccc1-3. The summed E-state index contributed by atoms with van der Waals surface area (Å²) in [5.74, 6) is 7.13. The second-order valence-electron chi connectivity index (χ2n) is 14.6. The molecule has 0 atom stereocenters. The van der Waals surface area contributed by atoms with Crippen LogP contribution in [-0.2, 0) is 12.0 Å². The van der Waals surface area contributed by atoms with Crippen LogP contribution in [0.25, 0.3) is 44.1 Å². The topological polar surface area (TPSA) is 8.17 Å². The maximum atomic E-state index is 3.60. The lowest BCUT2D eigenvalue weighted by Crippen LogP contribution is -2.26. The van der Waals surface area contributed by atoms with Gasteiger partial charge in [0.15, 0.2) is 0 Å². The first kappa shape index (κ1) is 31.4. The molecule has 2 nitrogen and oxygen atoms in total. The fraction of sp³-hybridized carbons (Fsp3) is 0.0566. The van der Waals surface area contributed by atoms with Crippen molar-refractivity contribution in [1.29, 1.82) is 0 Å². The Hall–Kier alpha value is -7.08. The Bertz CT molecular complexity index is 2930. The van der Waals surface area contributed by atoms with Crippen molar-refractivity contribution in [3.05, 3.63) is 221 Å². The van der Waals surface area contributed by atoms with Crippen LogP contribution in [0, 0.1) is 11.8 Å². The van der Waals surface area contributed by atoms with E-state index in [2.05, 4.69) is 216 Å². The summed E-state index contributed by atoms with van der Waals surface area (Å²) in [5.41, 5.74) is 18.1. The Labute approximate surface area is 321 Å². The highest BCUT2D eigenvalue weighted by atomic mass is 15.1. The molecule has 2 aliphatic carbocycles. The van der Waals surface area contributed by atoms with Crippen molar-refractivity contribution in [3.8, 4) is 34.1 Å². The average Bonchev–Trinajstić information content (AvgIpc) is 3.85. The molecule has 55 heavy (non-hydrogen) atoms. The molecule has 258 valence electrons. The number of hydrogen-bond donors (Lipinski definition) is 0. The highest BCUT2D eigenvalue weighted by Crippen LogP contribution is 2.64. The van der Waals surface area contributed by atoms with Gasteiger partial charge >= 0.3 is 0 Å². The minimum atomic E-state index is -0.476. The number of para-hydroxylation sites is 3. The standard InChI is InChI=1S/C53H36N2/c1-2-54-50-24-14-11-21-44(50)46-34-33-45-43-32-29-37(26-25-36-27-30-40(31-28-36)55(38-15-5-3-6-16-38)39-17-7-4-8-18-39)35-49(43)53(51(45)52(46)54)47-22-12-9-19-41(47)42-20-10-13-23-48(42)53/h3-24,27-35H,2H2,1H3. The van der Waals surface area contributed by atoms with E-state index in [-0.39, 0.29) is 0 Å². The number of fused-ring (bicyclic) bond motifs is 14. The number of nitrogens with zero attached hydrogens (tertiary/aromatic N) is 2. The van der Waals surface area contributed by atoms with E-state index in [4.69, 9.17) is 0 Å². The predicted molar refractivity (Wildman–Crippen MR) is 229 cm³/mol. The predicted octanol–water partition coefficient (Wildman–Crippen LogP) is 13.0. The van der Waals surface area contributed by atoms with E-state index in [1.165, 1.54) is 66.3 Å². The molecule has 0 radical (unpaired) electrons. The van der Waals surface area contributed by atoms with Crippen molar-refractivity contribution in [2.75, 3.05) is 4.90 Å². The Morgan fingerprint density at radius 2 is 0.982 bits per heavy atom. The summed E-state index contributed by atoms with van der Waals surface area (Å²) in [7, 11) is 0. The molecule has 0 aliphatic heterocycles. The maximum absolute atomic E-state index is 3.60. The average molecular weight is 701 g/mol. The molecule has 0 amide bonds. The molecule has 0 saturated heterocycles. The molecule has 9 aromatic rings. The molecule has 0 unspecified atom stereocenters. The summed E-state index contributed by atoms with van der Waals surface area (Å²) in [6, 6.07) is 68.3. The molecular formula is C53H36N2. The Balaban J connectivity index is 1.08. The molecule has 0 saturated carbocycles. The number of benzene rings is 8. The van der Waals surface area contributed by atoms with Crippen LogP contribution in [0.1, 0.15) is 40.3 Å². The van der Waals surface area contributed by atoms with Crippen LogP contribution in [0.4, 0.5) is 17.1 Å². The van der Waals surface area contributed by atoms with E-state index >= 15 is 0 Å². The van der Waals surface area contributed by atoms with Crippen LogP contribution in [0.3, 0.4) is 0 Å². The third kappa shape index (κ3) is 4.51. The molecule has 1 spiro atoms. The lowest BCUT2D eigenvalue weighted by molar-refractivity contribution is 0.774. The summed E-state index contributed by atoms with van der Waals surface area (Å²) >= 11 is 0. The molecule has 1 heterocycles. The quantitative estimate of drug-likeness (QED) is 0.166. The molecular weight excluding hydrogens is 665 g/mol. The van der Waals surface area contributed by atoms with Crippen molar-refractivity contribution < 1.29 is 0 Å². The van der Waals surface area contributed by atoms with Crippen LogP contribution >= 0.6 is 0 Å². The number of aryl methyl sites for hydroxylation is 1. The molecule has 1 aromatic heterocycles. The second kappa shape index (κ2) is 12.2. The van der Waals surface area contributed by atoms with Gasteiger partial charge in [0.05, 0.1) is 10.9 Å². The van der Waals surface area contributed by atoms with Gasteiger partial charge in [-0.05, 0) is 113 Å². The summed E-state index contributed by atoms with van der Waals surface area (Å²) in [6.07, 6.45) is 0. The largest absolute Gasteiger partial charge is 0.340 e. The normalized spacial score (nSPS) is 12.9. The Morgan fingerprint density at radius 1 is 0.455 bits per heavy atom. The fourth-order valence-electron chi connectivity index (χ4n) is 9.61. The van der Waals surface area contributed by atoms with E-state index in [0.29, 0.717) is 0 Å². The maximum Gasteiger partial charge on any atom is 0.0746 e. The van der Waals surface area contributed by atoms with E-state index in [1.807, 2.05) is 0 Å². The van der Waals surface area contributed by atoms with Gasteiger partial charge in [0, 0.05) is 56.6 Å². The highest BCUT2D eigenvalue weighted by Gasteiger charge is 2.53. The zero-order valence-electron chi connectivity index (χ0n) is 30.5. The van der Waals surface area contributed by atoms with Gasteiger partial charge in [-0.15, -0.1) is 0 Å². The lowest BCUT2D eigenvalue weighted by atomic mass is 9.70. The minimum Gasteiger partial charge on any atom is -0.340 e. The van der Waals surface area contributed by atoms with Gasteiger partial charge in [-0.25, -0.2) is 0 Å². The second-order valence-corrected chi connectivity index (χ2v) is 14.6. The molecule has 8 aromatic carbocycles. The van der Waals surface area contributed by atoms with Gasteiger partial charge in [-0.1, -0.05) is 133 Å². The molecule has 2 aliphatic rings. The van der Waals surface area contributed by atoms with E-state index < -0.39 is 5.41 Å². The van der Waals surface area contributed by atoms with Gasteiger partial charge in [0.25, 0.3) is 0 Å². The molecule has 0 bridgehead atoms. The van der Waals surface area contributed by atoms with Crippen molar-refractivity contribution in [1.82, 2.24) is 4.57 Å². The Morgan fingerprint density at radius 3 is 1.65 bits per heavy atom. The first-order chi connectivity index (χ1) is 27.3. The van der Waals surface area contributed by atoms with Gasteiger partial charge in [-0.3, -0.25) is 0 Å². The lowest BCUT2D eigenvalue weighted by Gasteiger charge is -2.31. The zero-order valence-corrected chi connectivity index (χ0v) is 30.5. The third-order valence-corrected chi connectivity index (χ3v) is 11.8. The van der Waals surface area contributed by atoms with Crippen molar-refractivity contribution >= 4 is 38.9 Å². The number of rotatable bonds is 4. The van der Waals surface area contributed by atoms with E-state index in [0.717, 1.165) is 34.7 Å². The highest BCUT2D eigenvalue weighted by molar-refractivity contribution is 6.13.